The van der Waals surface area contributed by atoms with Crippen LogP contribution < -0.4 is 5.32 Å². The monoisotopic (exact) mass is 423 g/mol. The third kappa shape index (κ3) is 6.79. The summed E-state index contributed by atoms with van der Waals surface area (Å²) in [4.78, 5) is 12.7. The molecule has 2 rings (SSSR count). The van der Waals surface area contributed by atoms with E-state index in [4.69, 9.17) is 0 Å². The number of nitrogens with zero attached hydrogens (tertiary/aromatic N) is 2. The molecule has 0 unspecified atom stereocenters. The molecule has 0 aliphatic carbocycles. The van der Waals surface area contributed by atoms with E-state index < -0.39 is 10.2 Å². The summed E-state index contributed by atoms with van der Waals surface area (Å²) in [5.41, 5.74) is 1.07. The Labute approximate surface area is 176 Å². The van der Waals surface area contributed by atoms with Gasteiger partial charge in [-0.2, -0.15) is 17.0 Å². The molecule has 29 heavy (non-hydrogen) atoms. The number of carbonyl (C=O) groups is 1. The fraction of sp³-hybridized carbons (Fsp3) is 0.682. The maximum Gasteiger partial charge on any atom is 0.281 e. The second-order valence-electron chi connectivity index (χ2n) is 8.93. The van der Waals surface area contributed by atoms with Crippen molar-refractivity contribution in [3.05, 3.63) is 35.9 Å². The first-order valence-corrected chi connectivity index (χ1v) is 12.1. The maximum absolute atomic E-state index is 13.1. The van der Waals surface area contributed by atoms with Crippen molar-refractivity contribution in [3.8, 4) is 0 Å². The molecular weight excluding hydrogens is 386 g/mol. The molecule has 164 valence electrons. The van der Waals surface area contributed by atoms with E-state index in [0.29, 0.717) is 39.0 Å². The van der Waals surface area contributed by atoms with Gasteiger partial charge >= 0.3 is 0 Å². The van der Waals surface area contributed by atoms with Crippen LogP contribution in [0.2, 0.25) is 0 Å². The van der Waals surface area contributed by atoms with Crippen molar-refractivity contribution in [3.63, 3.8) is 0 Å². The number of rotatable bonds is 9. The Balaban J connectivity index is 1.95. The third-order valence-corrected chi connectivity index (χ3v) is 7.24. The predicted octanol–water partition coefficient (Wildman–Crippen LogP) is 3.43. The molecule has 7 heteroatoms. The van der Waals surface area contributed by atoms with Crippen LogP contribution in [0.3, 0.4) is 0 Å². The zero-order chi connectivity index (χ0) is 21.6. The first-order chi connectivity index (χ1) is 13.6. The molecule has 1 fully saturated rings. The van der Waals surface area contributed by atoms with Crippen molar-refractivity contribution in [1.29, 1.82) is 0 Å². The molecule has 1 heterocycles. The minimum absolute atomic E-state index is 0.0135. The SMILES string of the molecule is CC(C)CN(CC(C)C)S(=O)(=O)N1CCC(C(=O)N[C@H](C)c2ccccc2)CC1. The van der Waals surface area contributed by atoms with E-state index >= 15 is 0 Å². The van der Waals surface area contributed by atoms with Crippen molar-refractivity contribution >= 4 is 16.1 Å². The average Bonchev–Trinajstić information content (AvgIpc) is 2.67. The van der Waals surface area contributed by atoms with Gasteiger partial charge in [0.15, 0.2) is 0 Å². The Morgan fingerprint density at radius 2 is 1.55 bits per heavy atom. The summed E-state index contributed by atoms with van der Waals surface area (Å²) in [5, 5.41) is 3.08. The van der Waals surface area contributed by atoms with Gasteiger partial charge in [-0.3, -0.25) is 4.79 Å². The Morgan fingerprint density at radius 1 is 1.03 bits per heavy atom. The van der Waals surface area contributed by atoms with Crippen LogP contribution in [0.1, 0.15) is 59.1 Å². The number of piperidine rings is 1. The van der Waals surface area contributed by atoms with E-state index in [1.807, 2.05) is 65.0 Å². The lowest BCUT2D eigenvalue weighted by molar-refractivity contribution is -0.126. The van der Waals surface area contributed by atoms with Crippen LogP contribution >= 0.6 is 0 Å². The van der Waals surface area contributed by atoms with E-state index in [1.165, 1.54) is 0 Å². The lowest BCUT2D eigenvalue weighted by Gasteiger charge is -2.36. The van der Waals surface area contributed by atoms with Gasteiger partial charge in [-0.05, 0) is 37.2 Å². The molecule has 1 saturated heterocycles. The van der Waals surface area contributed by atoms with Gasteiger partial charge in [0.1, 0.15) is 0 Å². The van der Waals surface area contributed by atoms with Crippen LogP contribution in [0.4, 0.5) is 0 Å². The lowest BCUT2D eigenvalue weighted by Crippen LogP contribution is -2.50. The van der Waals surface area contributed by atoms with Gasteiger partial charge in [0, 0.05) is 32.1 Å². The highest BCUT2D eigenvalue weighted by Crippen LogP contribution is 2.24. The van der Waals surface area contributed by atoms with Crippen molar-refractivity contribution in [1.82, 2.24) is 13.9 Å². The Kier molecular flexibility index (Phi) is 8.67. The summed E-state index contributed by atoms with van der Waals surface area (Å²) in [6, 6.07) is 9.81. The van der Waals surface area contributed by atoms with Gasteiger partial charge in [0.05, 0.1) is 6.04 Å². The van der Waals surface area contributed by atoms with Gasteiger partial charge in [-0.15, -0.1) is 0 Å². The highest BCUT2D eigenvalue weighted by molar-refractivity contribution is 7.86. The average molecular weight is 424 g/mol. The summed E-state index contributed by atoms with van der Waals surface area (Å²) in [6.45, 7) is 12.0. The quantitative estimate of drug-likeness (QED) is 0.661. The first kappa shape index (κ1) is 23.8. The summed E-state index contributed by atoms with van der Waals surface area (Å²) < 4.78 is 29.5. The van der Waals surface area contributed by atoms with Crippen LogP contribution in [0, 0.1) is 17.8 Å². The van der Waals surface area contributed by atoms with Gasteiger partial charge < -0.3 is 5.32 Å². The third-order valence-electron chi connectivity index (χ3n) is 5.27. The van der Waals surface area contributed by atoms with E-state index in [9.17, 15) is 13.2 Å². The lowest BCUT2D eigenvalue weighted by atomic mass is 9.96. The predicted molar refractivity (Wildman–Crippen MR) is 117 cm³/mol. The molecule has 1 aromatic carbocycles. The standard InChI is InChI=1S/C22H37N3O3S/c1-17(2)15-25(16-18(3)4)29(27,28)24-13-11-21(12-14-24)22(26)23-19(5)20-9-7-6-8-10-20/h6-10,17-19,21H,11-16H2,1-5H3,(H,23,26)/t19-/m1/s1. The van der Waals surface area contributed by atoms with Crippen LogP contribution in [0.25, 0.3) is 0 Å². The molecule has 0 saturated carbocycles. The molecule has 6 nitrogen and oxygen atoms in total. The van der Waals surface area contributed by atoms with Crippen molar-refractivity contribution in [2.24, 2.45) is 17.8 Å². The molecule has 1 aliphatic rings. The van der Waals surface area contributed by atoms with E-state index in [2.05, 4.69) is 5.32 Å². The number of hydrogen-bond acceptors (Lipinski definition) is 3. The highest BCUT2D eigenvalue weighted by Gasteiger charge is 2.35. The second kappa shape index (κ2) is 10.5. The fourth-order valence-corrected chi connectivity index (χ4v) is 5.72. The fourth-order valence-electron chi connectivity index (χ4n) is 3.75. The number of nitrogens with one attached hydrogen (secondary N) is 1. The van der Waals surface area contributed by atoms with Crippen molar-refractivity contribution in [2.45, 2.75) is 53.5 Å². The largest absolute Gasteiger partial charge is 0.349 e. The number of benzene rings is 1. The Morgan fingerprint density at radius 3 is 2.03 bits per heavy atom. The maximum atomic E-state index is 13.1. The number of amides is 1. The molecule has 1 aromatic rings. The number of carbonyl (C=O) groups excluding carboxylic acids is 1. The van der Waals surface area contributed by atoms with Gasteiger partial charge in [-0.25, -0.2) is 0 Å². The van der Waals surface area contributed by atoms with Crippen LogP contribution in [-0.4, -0.2) is 49.1 Å². The smallest absolute Gasteiger partial charge is 0.281 e. The topological polar surface area (TPSA) is 69.7 Å². The zero-order valence-electron chi connectivity index (χ0n) is 18.5. The van der Waals surface area contributed by atoms with Crippen LogP contribution in [0.15, 0.2) is 30.3 Å². The van der Waals surface area contributed by atoms with E-state index in [1.54, 1.807) is 8.61 Å². The van der Waals surface area contributed by atoms with Crippen molar-refractivity contribution in [2.75, 3.05) is 26.2 Å². The van der Waals surface area contributed by atoms with Crippen LogP contribution in [-0.2, 0) is 15.0 Å². The molecule has 0 aromatic heterocycles. The zero-order valence-corrected chi connectivity index (χ0v) is 19.3. The van der Waals surface area contributed by atoms with Crippen LogP contribution in [0.5, 0.6) is 0 Å². The number of hydrogen-bond donors (Lipinski definition) is 1. The summed E-state index contributed by atoms with van der Waals surface area (Å²) in [5.74, 6) is 0.411. The van der Waals surface area contributed by atoms with Gasteiger partial charge in [0.25, 0.3) is 10.2 Å². The summed E-state index contributed by atoms with van der Waals surface area (Å²) >= 11 is 0. The molecule has 0 bridgehead atoms. The molecular formula is C22H37N3O3S. The van der Waals surface area contributed by atoms with Crippen molar-refractivity contribution < 1.29 is 13.2 Å². The molecule has 0 spiro atoms. The highest BCUT2D eigenvalue weighted by atomic mass is 32.2. The Bertz CT molecular complexity index is 732. The molecule has 1 amide bonds. The summed E-state index contributed by atoms with van der Waals surface area (Å²) in [6.07, 6.45) is 1.12. The minimum atomic E-state index is -3.49. The Hall–Kier alpha value is -1.44. The summed E-state index contributed by atoms with van der Waals surface area (Å²) in [7, 11) is -3.49. The molecule has 1 aliphatic heterocycles. The van der Waals surface area contributed by atoms with Gasteiger partial charge in [0.2, 0.25) is 5.91 Å². The second-order valence-corrected chi connectivity index (χ2v) is 10.9. The molecule has 1 N–H and O–H groups in total. The van der Waals surface area contributed by atoms with Gasteiger partial charge in [-0.1, -0.05) is 58.0 Å². The normalized spacial score (nSPS) is 17.8. The minimum Gasteiger partial charge on any atom is -0.349 e. The first-order valence-electron chi connectivity index (χ1n) is 10.7. The molecule has 1 atom stereocenters. The molecule has 0 radical (unpaired) electrons. The van der Waals surface area contributed by atoms with E-state index in [0.717, 1.165) is 5.56 Å². The van der Waals surface area contributed by atoms with E-state index in [-0.39, 0.29) is 29.7 Å².